The second kappa shape index (κ2) is 5.60. The highest BCUT2D eigenvalue weighted by molar-refractivity contribution is 5.78. The van der Waals surface area contributed by atoms with Crippen LogP contribution in [0.2, 0.25) is 0 Å². The van der Waals surface area contributed by atoms with Crippen molar-refractivity contribution in [3.05, 3.63) is 29.8 Å². The highest BCUT2D eigenvalue weighted by atomic mass is 16.5. The molecule has 0 bridgehead atoms. The summed E-state index contributed by atoms with van der Waals surface area (Å²) in [6, 6.07) is 7.13. The van der Waals surface area contributed by atoms with Gasteiger partial charge in [-0.15, -0.1) is 0 Å². The zero-order valence-electron chi connectivity index (χ0n) is 10.6. The van der Waals surface area contributed by atoms with Crippen LogP contribution in [0.15, 0.2) is 24.3 Å². The molecular weight excluding hydrogens is 248 g/mol. The molecule has 2 N–H and O–H groups in total. The van der Waals surface area contributed by atoms with Crippen LogP contribution in [0.25, 0.3) is 0 Å². The number of nitrogens with zero attached hydrogens (tertiary/aromatic N) is 1. The van der Waals surface area contributed by atoms with E-state index in [9.17, 15) is 9.59 Å². The molecule has 1 aliphatic heterocycles. The summed E-state index contributed by atoms with van der Waals surface area (Å²) in [7, 11) is 1.60. The van der Waals surface area contributed by atoms with Crippen molar-refractivity contribution in [3.63, 3.8) is 0 Å². The minimum atomic E-state index is -0.902. The first-order valence-electron chi connectivity index (χ1n) is 6.01. The van der Waals surface area contributed by atoms with Crippen molar-refractivity contribution < 1.29 is 19.4 Å². The first-order chi connectivity index (χ1) is 9.10. The van der Waals surface area contributed by atoms with Gasteiger partial charge in [0.2, 0.25) is 0 Å². The summed E-state index contributed by atoms with van der Waals surface area (Å²) in [5.41, 5.74) is 0.979. The predicted octanol–water partition coefficient (Wildman–Crippen LogP) is 1.24. The van der Waals surface area contributed by atoms with Crippen molar-refractivity contribution in [2.45, 2.75) is 12.5 Å². The molecule has 0 saturated carbocycles. The third-order valence-electron chi connectivity index (χ3n) is 3.10. The maximum atomic E-state index is 11.7. The summed E-state index contributed by atoms with van der Waals surface area (Å²) < 4.78 is 5.08. The number of nitrogens with one attached hydrogen (secondary N) is 1. The summed E-state index contributed by atoms with van der Waals surface area (Å²) in [5.74, 6) is -0.142. The number of carbonyl (C=O) groups excluding carboxylic acids is 1. The Morgan fingerprint density at radius 2 is 2.16 bits per heavy atom. The van der Waals surface area contributed by atoms with Gasteiger partial charge < -0.3 is 20.1 Å². The van der Waals surface area contributed by atoms with Gasteiger partial charge >= 0.3 is 12.0 Å². The Kier molecular flexibility index (Phi) is 3.89. The Balaban J connectivity index is 1.99. The second-order valence-electron chi connectivity index (χ2n) is 4.36. The lowest BCUT2D eigenvalue weighted by Gasteiger charge is -2.13. The lowest BCUT2D eigenvalue weighted by molar-refractivity contribution is -0.137. The van der Waals surface area contributed by atoms with Crippen molar-refractivity contribution >= 4 is 12.0 Å². The monoisotopic (exact) mass is 264 g/mol. The molecule has 1 fully saturated rings. The van der Waals surface area contributed by atoms with Crippen molar-refractivity contribution in [1.29, 1.82) is 0 Å². The molecule has 0 aromatic heterocycles. The van der Waals surface area contributed by atoms with Crippen LogP contribution in [-0.4, -0.2) is 42.2 Å². The van der Waals surface area contributed by atoms with E-state index in [0.29, 0.717) is 6.54 Å². The summed E-state index contributed by atoms with van der Waals surface area (Å²) >= 11 is 0. The van der Waals surface area contributed by atoms with Crippen LogP contribution in [0.4, 0.5) is 4.79 Å². The van der Waals surface area contributed by atoms with E-state index in [1.54, 1.807) is 7.11 Å². The molecule has 19 heavy (non-hydrogen) atoms. The fourth-order valence-electron chi connectivity index (χ4n) is 2.04. The van der Waals surface area contributed by atoms with Crippen LogP contribution in [0.3, 0.4) is 0 Å². The Morgan fingerprint density at radius 1 is 1.47 bits per heavy atom. The number of hydrogen-bond acceptors (Lipinski definition) is 3. The van der Waals surface area contributed by atoms with E-state index in [1.165, 1.54) is 4.90 Å². The number of aliphatic carboxylic acids is 1. The van der Waals surface area contributed by atoms with Gasteiger partial charge in [-0.05, 0) is 17.7 Å². The van der Waals surface area contributed by atoms with Crippen LogP contribution in [0.5, 0.6) is 5.75 Å². The standard InChI is InChI=1S/C13H16N2O4/c1-19-10-4-2-9(3-5-10)11-8-15(13(18)14-11)7-6-12(16)17/h2-5,11H,6-8H2,1H3,(H,14,18)(H,16,17). The Morgan fingerprint density at radius 3 is 2.74 bits per heavy atom. The Bertz CT molecular complexity index is 472. The van der Waals surface area contributed by atoms with E-state index < -0.39 is 5.97 Å². The molecule has 2 amide bonds. The van der Waals surface area contributed by atoms with Crippen LogP contribution in [0.1, 0.15) is 18.0 Å². The average molecular weight is 264 g/mol. The predicted molar refractivity (Wildman–Crippen MR) is 68.1 cm³/mol. The number of benzene rings is 1. The molecule has 0 aliphatic carbocycles. The Labute approximate surface area is 111 Å². The fourth-order valence-corrected chi connectivity index (χ4v) is 2.04. The maximum absolute atomic E-state index is 11.7. The van der Waals surface area contributed by atoms with Gasteiger partial charge in [-0.1, -0.05) is 12.1 Å². The summed E-state index contributed by atoms with van der Waals surface area (Å²) in [6.45, 7) is 0.715. The van der Waals surface area contributed by atoms with Crippen LogP contribution >= 0.6 is 0 Å². The van der Waals surface area contributed by atoms with Gasteiger partial charge in [0, 0.05) is 13.1 Å². The largest absolute Gasteiger partial charge is 0.497 e. The van der Waals surface area contributed by atoms with Gasteiger partial charge in [-0.25, -0.2) is 4.79 Å². The minimum Gasteiger partial charge on any atom is -0.497 e. The molecule has 1 saturated heterocycles. The molecule has 2 rings (SSSR count). The summed E-state index contributed by atoms with van der Waals surface area (Å²) in [4.78, 5) is 23.7. The van der Waals surface area contributed by atoms with Crippen molar-refractivity contribution in [3.8, 4) is 5.75 Å². The quantitative estimate of drug-likeness (QED) is 0.838. The number of carboxylic acid groups (broad SMARTS) is 1. The van der Waals surface area contributed by atoms with Crippen LogP contribution in [-0.2, 0) is 4.79 Å². The molecule has 1 atom stereocenters. The summed E-state index contributed by atoms with van der Waals surface area (Å²) in [6.07, 6.45) is -0.0389. The fraction of sp³-hybridized carbons (Fsp3) is 0.385. The van der Waals surface area contributed by atoms with E-state index in [0.717, 1.165) is 11.3 Å². The number of amides is 2. The highest BCUT2D eigenvalue weighted by Gasteiger charge is 2.29. The minimum absolute atomic E-state index is 0.0389. The van der Waals surface area contributed by atoms with Gasteiger partial charge in [0.05, 0.1) is 19.6 Å². The average Bonchev–Trinajstić information content (AvgIpc) is 2.78. The lowest BCUT2D eigenvalue weighted by Crippen LogP contribution is -2.30. The number of carboxylic acids is 1. The van der Waals surface area contributed by atoms with E-state index >= 15 is 0 Å². The number of rotatable bonds is 5. The first-order valence-corrected chi connectivity index (χ1v) is 6.01. The number of urea groups is 1. The summed E-state index contributed by atoms with van der Waals surface area (Å²) in [5, 5.41) is 11.5. The van der Waals surface area contributed by atoms with Crippen molar-refractivity contribution in [2.75, 3.05) is 20.2 Å². The van der Waals surface area contributed by atoms with E-state index in [2.05, 4.69) is 5.32 Å². The molecule has 0 spiro atoms. The van der Waals surface area contributed by atoms with Crippen LogP contribution < -0.4 is 10.1 Å². The SMILES string of the molecule is COc1ccc(C2CN(CCC(=O)O)C(=O)N2)cc1. The highest BCUT2D eigenvalue weighted by Crippen LogP contribution is 2.22. The van der Waals surface area contributed by atoms with Gasteiger partial charge in [0.15, 0.2) is 0 Å². The molecule has 1 heterocycles. The molecule has 1 unspecified atom stereocenters. The second-order valence-corrected chi connectivity index (χ2v) is 4.36. The Hall–Kier alpha value is -2.24. The molecule has 1 aliphatic rings. The number of hydrogen-bond donors (Lipinski definition) is 2. The van der Waals surface area contributed by atoms with E-state index in [1.807, 2.05) is 24.3 Å². The zero-order valence-corrected chi connectivity index (χ0v) is 10.6. The normalized spacial score (nSPS) is 18.3. The molecule has 102 valence electrons. The molecule has 0 radical (unpaired) electrons. The molecule has 1 aromatic rings. The molecule has 6 nitrogen and oxygen atoms in total. The molecule has 6 heteroatoms. The molecule has 1 aromatic carbocycles. The van der Waals surface area contributed by atoms with E-state index in [-0.39, 0.29) is 25.0 Å². The maximum Gasteiger partial charge on any atom is 0.318 e. The third-order valence-corrected chi connectivity index (χ3v) is 3.10. The lowest BCUT2D eigenvalue weighted by atomic mass is 10.1. The van der Waals surface area contributed by atoms with Gasteiger partial charge in [0.1, 0.15) is 5.75 Å². The van der Waals surface area contributed by atoms with Crippen molar-refractivity contribution in [2.24, 2.45) is 0 Å². The number of carbonyl (C=O) groups is 2. The third kappa shape index (κ3) is 3.15. The van der Waals surface area contributed by atoms with Crippen molar-refractivity contribution in [1.82, 2.24) is 10.2 Å². The number of methoxy groups -OCH3 is 1. The van der Waals surface area contributed by atoms with Gasteiger partial charge in [0.25, 0.3) is 0 Å². The first kappa shape index (κ1) is 13.2. The van der Waals surface area contributed by atoms with Gasteiger partial charge in [-0.3, -0.25) is 4.79 Å². The molecular formula is C13H16N2O4. The number of ether oxygens (including phenoxy) is 1. The zero-order chi connectivity index (χ0) is 13.8. The topological polar surface area (TPSA) is 78.9 Å². The van der Waals surface area contributed by atoms with Gasteiger partial charge in [-0.2, -0.15) is 0 Å². The smallest absolute Gasteiger partial charge is 0.318 e. The van der Waals surface area contributed by atoms with E-state index in [4.69, 9.17) is 9.84 Å². The van der Waals surface area contributed by atoms with Crippen LogP contribution in [0, 0.1) is 0 Å².